The second kappa shape index (κ2) is 7.61. The van der Waals surface area contributed by atoms with E-state index in [1.807, 2.05) is 26.0 Å². The summed E-state index contributed by atoms with van der Waals surface area (Å²) in [5.41, 5.74) is 1.33. The van der Waals surface area contributed by atoms with Crippen LogP contribution in [0.1, 0.15) is 19.4 Å². The molecular formula is C19H18F3N5. The fourth-order valence-electron chi connectivity index (χ4n) is 2.40. The first-order valence-electron chi connectivity index (χ1n) is 8.31. The van der Waals surface area contributed by atoms with Gasteiger partial charge in [0.25, 0.3) is 0 Å². The molecule has 2 N–H and O–H groups in total. The Morgan fingerprint density at radius 2 is 1.59 bits per heavy atom. The van der Waals surface area contributed by atoms with Crippen LogP contribution < -0.4 is 10.6 Å². The highest BCUT2D eigenvalue weighted by Gasteiger charge is 2.29. The molecule has 0 spiro atoms. The van der Waals surface area contributed by atoms with Crippen molar-refractivity contribution in [1.82, 2.24) is 15.0 Å². The average molecular weight is 373 g/mol. The number of pyridine rings is 1. The van der Waals surface area contributed by atoms with Gasteiger partial charge >= 0.3 is 6.18 Å². The third-order valence-corrected chi connectivity index (χ3v) is 3.60. The molecule has 0 radical (unpaired) electrons. The molecule has 3 rings (SSSR count). The van der Waals surface area contributed by atoms with E-state index in [0.717, 1.165) is 17.7 Å². The highest BCUT2D eigenvalue weighted by molar-refractivity contribution is 5.67. The molecule has 0 saturated carbocycles. The number of hydrogen-bond donors (Lipinski definition) is 2. The first kappa shape index (κ1) is 18.6. The van der Waals surface area contributed by atoms with Gasteiger partial charge in [-0.05, 0) is 50.2 Å². The maximum absolute atomic E-state index is 12.7. The van der Waals surface area contributed by atoms with E-state index < -0.39 is 11.7 Å². The maximum Gasteiger partial charge on any atom is 0.416 e. The van der Waals surface area contributed by atoms with Gasteiger partial charge in [0, 0.05) is 35.8 Å². The molecule has 140 valence electrons. The zero-order valence-electron chi connectivity index (χ0n) is 14.7. The van der Waals surface area contributed by atoms with Crippen LogP contribution in [-0.2, 0) is 6.18 Å². The van der Waals surface area contributed by atoms with Gasteiger partial charge in [0.05, 0.1) is 11.3 Å². The highest BCUT2D eigenvalue weighted by atomic mass is 19.4. The van der Waals surface area contributed by atoms with Gasteiger partial charge in [-0.1, -0.05) is 0 Å². The van der Waals surface area contributed by atoms with Gasteiger partial charge in [0.2, 0.25) is 5.95 Å². The predicted molar refractivity (Wildman–Crippen MR) is 98.7 cm³/mol. The molecule has 3 aromatic rings. The Hall–Kier alpha value is -3.16. The van der Waals surface area contributed by atoms with Crippen molar-refractivity contribution in [1.29, 1.82) is 0 Å². The quantitative estimate of drug-likeness (QED) is 0.650. The Morgan fingerprint density at radius 3 is 2.19 bits per heavy atom. The average Bonchev–Trinajstić information content (AvgIpc) is 2.61. The molecule has 8 heteroatoms. The van der Waals surface area contributed by atoms with E-state index in [1.165, 1.54) is 12.1 Å². The summed E-state index contributed by atoms with van der Waals surface area (Å²) in [6.45, 7) is 3.93. The third-order valence-electron chi connectivity index (χ3n) is 3.60. The summed E-state index contributed by atoms with van der Waals surface area (Å²) in [6, 6.07) is 10.3. The van der Waals surface area contributed by atoms with Crippen LogP contribution in [-0.4, -0.2) is 21.0 Å². The molecule has 0 aliphatic rings. The van der Waals surface area contributed by atoms with Crippen molar-refractivity contribution in [3.05, 3.63) is 60.4 Å². The van der Waals surface area contributed by atoms with Crippen LogP contribution in [0.2, 0.25) is 0 Å². The number of nitrogens with one attached hydrogen (secondary N) is 2. The fourth-order valence-corrected chi connectivity index (χ4v) is 2.40. The second-order valence-corrected chi connectivity index (χ2v) is 6.20. The molecule has 0 saturated heterocycles. The van der Waals surface area contributed by atoms with E-state index in [4.69, 9.17) is 0 Å². The molecule has 27 heavy (non-hydrogen) atoms. The molecule has 2 aromatic heterocycles. The Labute approximate surface area is 154 Å². The third kappa shape index (κ3) is 4.93. The maximum atomic E-state index is 12.7. The fraction of sp³-hybridized carbons (Fsp3) is 0.211. The van der Waals surface area contributed by atoms with E-state index in [0.29, 0.717) is 23.1 Å². The number of hydrogen-bond acceptors (Lipinski definition) is 5. The minimum absolute atomic E-state index is 0.122. The zero-order valence-corrected chi connectivity index (χ0v) is 14.7. The van der Waals surface area contributed by atoms with E-state index in [1.54, 1.807) is 18.5 Å². The molecule has 0 aliphatic heterocycles. The minimum Gasteiger partial charge on any atom is -0.352 e. The van der Waals surface area contributed by atoms with Gasteiger partial charge in [0.15, 0.2) is 0 Å². The van der Waals surface area contributed by atoms with Gasteiger partial charge in [-0.15, -0.1) is 0 Å². The van der Waals surface area contributed by atoms with Crippen LogP contribution in [0.4, 0.5) is 30.6 Å². The summed E-state index contributed by atoms with van der Waals surface area (Å²) in [7, 11) is 0. The molecular weight excluding hydrogens is 355 g/mol. The number of benzene rings is 1. The van der Waals surface area contributed by atoms with Crippen molar-refractivity contribution in [2.24, 2.45) is 0 Å². The SMILES string of the molecule is CC(C)Nc1nc(Nc2ccc(C(F)(F)F)cc2)cc(-c2ccncc2)n1. The highest BCUT2D eigenvalue weighted by Crippen LogP contribution is 2.30. The van der Waals surface area contributed by atoms with Crippen molar-refractivity contribution in [3.63, 3.8) is 0 Å². The monoisotopic (exact) mass is 373 g/mol. The standard InChI is InChI=1S/C19H18F3N5/c1-12(2)24-18-26-16(13-7-9-23-10-8-13)11-17(27-18)25-15-5-3-14(4-6-15)19(20,21)22/h3-12H,1-2H3,(H2,24,25,26,27). The van der Waals surface area contributed by atoms with Crippen LogP contribution in [0.25, 0.3) is 11.3 Å². The number of rotatable bonds is 5. The van der Waals surface area contributed by atoms with E-state index in [-0.39, 0.29) is 6.04 Å². The van der Waals surface area contributed by atoms with Gasteiger partial charge in [-0.25, -0.2) is 4.98 Å². The lowest BCUT2D eigenvalue weighted by molar-refractivity contribution is -0.137. The summed E-state index contributed by atoms with van der Waals surface area (Å²) in [5, 5.41) is 6.18. The molecule has 0 unspecified atom stereocenters. The summed E-state index contributed by atoms with van der Waals surface area (Å²) >= 11 is 0. The lowest BCUT2D eigenvalue weighted by atomic mass is 10.2. The van der Waals surface area contributed by atoms with Gasteiger partial charge in [-0.2, -0.15) is 18.2 Å². The number of anilines is 3. The molecule has 1 aromatic carbocycles. The largest absolute Gasteiger partial charge is 0.416 e. The smallest absolute Gasteiger partial charge is 0.352 e. The lowest BCUT2D eigenvalue weighted by Gasteiger charge is -2.13. The number of nitrogens with zero attached hydrogens (tertiary/aromatic N) is 3. The van der Waals surface area contributed by atoms with E-state index in [2.05, 4.69) is 25.6 Å². The normalized spacial score (nSPS) is 11.5. The Morgan fingerprint density at radius 1 is 0.926 bits per heavy atom. The van der Waals surface area contributed by atoms with Gasteiger partial charge < -0.3 is 10.6 Å². The van der Waals surface area contributed by atoms with E-state index in [9.17, 15) is 13.2 Å². The summed E-state index contributed by atoms with van der Waals surface area (Å²) in [5.74, 6) is 0.897. The number of aromatic nitrogens is 3. The Kier molecular flexibility index (Phi) is 5.25. The lowest BCUT2D eigenvalue weighted by Crippen LogP contribution is -2.13. The first-order valence-corrected chi connectivity index (χ1v) is 8.31. The van der Waals surface area contributed by atoms with Crippen molar-refractivity contribution >= 4 is 17.5 Å². The summed E-state index contributed by atoms with van der Waals surface area (Å²) < 4.78 is 38.1. The molecule has 0 atom stereocenters. The molecule has 0 amide bonds. The van der Waals surface area contributed by atoms with Crippen molar-refractivity contribution in [3.8, 4) is 11.3 Å². The Bertz CT molecular complexity index is 893. The van der Waals surface area contributed by atoms with Crippen LogP contribution in [0, 0.1) is 0 Å². The zero-order chi connectivity index (χ0) is 19.4. The first-order chi connectivity index (χ1) is 12.8. The van der Waals surface area contributed by atoms with Crippen molar-refractivity contribution < 1.29 is 13.2 Å². The van der Waals surface area contributed by atoms with Crippen LogP contribution in [0.3, 0.4) is 0 Å². The number of alkyl halides is 3. The molecule has 5 nitrogen and oxygen atoms in total. The predicted octanol–water partition coefficient (Wildman–Crippen LogP) is 5.12. The molecule has 2 heterocycles. The minimum atomic E-state index is -4.36. The molecule has 0 aliphatic carbocycles. The Balaban J connectivity index is 1.92. The second-order valence-electron chi connectivity index (χ2n) is 6.20. The van der Waals surface area contributed by atoms with Gasteiger partial charge in [0.1, 0.15) is 5.82 Å². The molecule has 0 fully saturated rings. The molecule has 0 bridgehead atoms. The summed E-state index contributed by atoms with van der Waals surface area (Å²) in [4.78, 5) is 12.9. The van der Waals surface area contributed by atoms with Crippen molar-refractivity contribution in [2.45, 2.75) is 26.1 Å². The number of halogens is 3. The summed E-state index contributed by atoms with van der Waals surface area (Å²) in [6.07, 6.45) is -1.04. The van der Waals surface area contributed by atoms with E-state index >= 15 is 0 Å². The topological polar surface area (TPSA) is 62.7 Å². The van der Waals surface area contributed by atoms with Crippen LogP contribution >= 0.6 is 0 Å². The van der Waals surface area contributed by atoms with Gasteiger partial charge in [-0.3, -0.25) is 4.98 Å². The van der Waals surface area contributed by atoms with Crippen LogP contribution in [0.5, 0.6) is 0 Å². The van der Waals surface area contributed by atoms with Crippen LogP contribution in [0.15, 0.2) is 54.9 Å². The van der Waals surface area contributed by atoms with Crippen molar-refractivity contribution in [2.75, 3.05) is 10.6 Å².